The summed E-state index contributed by atoms with van der Waals surface area (Å²) < 4.78 is 15.2. The lowest BCUT2D eigenvalue weighted by atomic mass is 10.7. The molecular weight excluding hydrogens is 208 g/mol. The van der Waals surface area contributed by atoms with Gasteiger partial charge in [-0.25, -0.2) is 0 Å². The second kappa shape index (κ2) is 29.2. The summed E-state index contributed by atoms with van der Waals surface area (Å²) in [6.07, 6.45) is 0. The largest absolute Gasteiger partial charge is 0.394 e. The number of aliphatic hydroxyl groups is 1. The first kappa shape index (κ1) is 20.7. The van der Waals surface area contributed by atoms with Crippen molar-refractivity contribution in [1.82, 2.24) is 0 Å². The second-order valence-electron chi connectivity index (χ2n) is 2.15. The molecule has 0 aromatic carbocycles. The zero-order valence-corrected chi connectivity index (χ0v) is 10.5. The van der Waals surface area contributed by atoms with Gasteiger partial charge in [0.05, 0.1) is 39.6 Å². The molecule has 0 aliphatic carbocycles. The van der Waals surface area contributed by atoms with E-state index in [1.807, 2.05) is 6.92 Å². The predicted octanol–water partition coefficient (Wildman–Crippen LogP) is 1.65. The highest BCUT2D eigenvalue weighted by molar-refractivity contribution is 4.32. The van der Waals surface area contributed by atoms with Crippen molar-refractivity contribution in [2.24, 2.45) is 0 Å². The van der Waals surface area contributed by atoms with Crippen LogP contribution in [-0.4, -0.2) is 51.4 Å². The third kappa shape index (κ3) is 29.2. The Hall–Kier alpha value is -0.680. The molecular formula is C12H26O4. The Bertz CT molecular complexity index is 87.0. The van der Waals surface area contributed by atoms with Crippen molar-refractivity contribution in [2.45, 2.75) is 6.92 Å². The van der Waals surface area contributed by atoms with Crippen molar-refractivity contribution in [2.75, 3.05) is 46.2 Å². The van der Waals surface area contributed by atoms with Crippen LogP contribution < -0.4 is 0 Å². The Kier molecular flexibility index (Phi) is 37.8. The fourth-order valence-corrected chi connectivity index (χ4v) is 0.649. The first-order valence-electron chi connectivity index (χ1n) is 5.26. The molecule has 0 rings (SSSR count). The van der Waals surface area contributed by atoms with Gasteiger partial charge in [0, 0.05) is 6.61 Å². The number of aliphatic hydroxyl groups excluding tert-OH is 1. The van der Waals surface area contributed by atoms with Gasteiger partial charge in [-0.15, -0.1) is 26.3 Å². The Morgan fingerprint density at radius 3 is 1.50 bits per heavy atom. The van der Waals surface area contributed by atoms with E-state index in [9.17, 15) is 0 Å². The van der Waals surface area contributed by atoms with Crippen molar-refractivity contribution in [3.63, 3.8) is 0 Å². The van der Waals surface area contributed by atoms with Crippen LogP contribution in [0.3, 0.4) is 0 Å². The molecule has 0 aromatic rings. The van der Waals surface area contributed by atoms with E-state index in [2.05, 4.69) is 26.3 Å². The molecule has 0 saturated heterocycles. The van der Waals surface area contributed by atoms with E-state index in [-0.39, 0.29) is 6.61 Å². The molecule has 0 aliphatic rings. The first-order valence-corrected chi connectivity index (χ1v) is 5.26. The smallest absolute Gasteiger partial charge is 0.0701 e. The summed E-state index contributed by atoms with van der Waals surface area (Å²) in [7, 11) is 0. The molecule has 16 heavy (non-hydrogen) atoms. The second-order valence-corrected chi connectivity index (χ2v) is 2.15. The lowest BCUT2D eigenvalue weighted by Gasteiger charge is -2.04. The fourth-order valence-electron chi connectivity index (χ4n) is 0.649. The molecule has 0 unspecified atom stereocenters. The molecule has 0 amide bonds. The van der Waals surface area contributed by atoms with E-state index in [0.29, 0.717) is 33.0 Å². The summed E-state index contributed by atoms with van der Waals surface area (Å²) in [5.41, 5.74) is 0. The molecule has 0 aromatic heterocycles. The highest BCUT2D eigenvalue weighted by Crippen LogP contribution is 1.79. The SMILES string of the molecule is C=C.C=C.CCOCCOCCOCCO. The van der Waals surface area contributed by atoms with Crippen molar-refractivity contribution >= 4 is 0 Å². The number of rotatable bonds is 9. The summed E-state index contributed by atoms with van der Waals surface area (Å²) in [5.74, 6) is 0. The Morgan fingerprint density at radius 2 is 1.12 bits per heavy atom. The molecule has 0 fully saturated rings. The molecule has 0 spiro atoms. The first-order chi connectivity index (χ1) is 7.91. The Balaban J connectivity index is -0.000000376. The van der Waals surface area contributed by atoms with Crippen LogP contribution >= 0.6 is 0 Å². The third-order valence-corrected chi connectivity index (χ3v) is 1.18. The predicted molar refractivity (Wildman–Crippen MR) is 67.7 cm³/mol. The van der Waals surface area contributed by atoms with Crippen LogP contribution in [0.4, 0.5) is 0 Å². The van der Waals surface area contributed by atoms with Crippen LogP contribution in [0.2, 0.25) is 0 Å². The van der Waals surface area contributed by atoms with Gasteiger partial charge in [-0.2, -0.15) is 0 Å². The molecule has 98 valence electrons. The molecule has 4 nitrogen and oxygen atoms in total. The summed E-state index contributed by atoms with van der Waals surface area (Å²) >= 11 is 0. The lowest BCUT2D eigenvalue weighted by molar-refractivity contribution is 0.00965. The van der Waals surface area contributed by atoms with Gasteiger partial charge in [-0.3, -0.25) is 0 Å². The summed E-state index contributed by atoms with van der Waals surface area (Å²) in [6.45, 7) is 17.5. The molecule has 1 N–H and O–H groups in total. The molecule has 0 saturated carbocycles. The van der Waals surface area contributed by atoms with Gasteiger partial charge in [0.25, 0.3) is 0 Å². The quantitative estimate of drug-likeness (QED) is 0.487. The highest BCUT2D eigenvalue weighted by atomic mass is 16.5. The van der Waals surface area contributed by atoms with Crippen LogP contribution in [0.25, 0.3) is 0 Å². The summed E-state index contributed by atoms with van der Waals surface area (Å²) in [4.78, 5) is 0. The minimum atomic E-state index is 0.0684. The van der Waals surface area contributed by atoms with Crippen molar-refractivity contribution in [3.05, 3.63) is 26.3 Å². The summed E-state index contributed by atoms with van der Waals surface area (Å²) in [5, 5.41) is 8.35. The van der Waals surface area contributed by atoms with E-state index in [4.69, 9.17) is 19.3 Å². The van der Waals surface area contributed by atoms with Crippen molar-refractivity contribution in [3.8, 4) is 0 Å². The van der Waals surface area contributed by atoms with Gasteiger partial charge in [0.15, 0.2) is 0 Å². The number of ether oxygens (including phenoxy) is 3. The van der Waals surface area contributed by atoms with Crippen LogP contribution in [0, 0.1) is 0 Å². The molecule has 0 radical (unpaired) electrons. The third-order valence-electron chi connectivity index (χ3n) is 1.18. The zero-order chi connectivity index (χ0) is 13.1. The average molecular weight is 234 g/mol. The minimum Gasteiger partial charge on any atom is -0.394 e. The maximum Gasteiger partial charge on any atom is 0.0701 e. The van der Waals surface area contributed by atoms with E-state index < -0.39 is 0 Å². The normalized spacial score (nSPS) is 8.38. The van der Waals surface area contributed by atoms with Crippen LogP contribution in [-0.2, 0) is 14.2 Å². The van der Waals surface area contributed by atoms with Gasteiger partial charge in [-0.1, -0.05) is 0 Å². The van der Waals surface area contributed by atoms with Gasteiger partial charge in [0.1, 0.15) is 0 Å². The van der Waals surface area contributed by atoms with Gasteiger partial charge in [-0.05, 0) is 6.92 Å². The maximum absolute atomic E-state index is 8.35. The van der Waals surface area contributed by atoms with Crippen LogP contribution in [0.5, 0.6) is 0 Å². The number of hydrogen-bond donors (Lipinski definition) is 1. The topological polar surface area (TPSA) is 47.9 Å². The van der Waals surface area contributed by atoms with E-state index in [1.54, 1.807) is 0 Å². The van der Waals surface area contributed by atoms with Crippen molar-refractivity contribution in [1.29, 1.82) is 0 Å². The molecule has 0 heterocycles. The summed E-state index contributed by atoms with van der Waals surface area (Å²) in [6, 6.07) is 0. The minimum absolute atomic E-state index is 0.0684. The Morgan fingerprint density at radius 1 is 0.750 bits per heavy atom. The fraction of sp³-hybridized carbons (Fsp3) is 0.667. The van der Waals surface area contributed by atoms with Crippen LogP contribution in [0.1, 0.15) is 6.92 Å². The molecule has 0 aliphatic heterocycles. The van der Waals surface area contributed by atoms with Crippen LogP contribution in [0.15, 0.2) is 26.3 Å². The highest BCUT2D eigenvalue weighted by Gasteiger charge is 1.88. The van der Waals surface area contributed by atoms with E-state index in [1.165, 1.54) is 0 Å². The Labute approximate surface area is 99.5 Å². The van der Waals surface area contributed by atoms with Gasteiger partial charge < -0.3 is 19.3 Å². The van der Waals surface area contributed by atoms with E-state index >= 15 is 0 Å². The zero-order valence-electron chi connectivity index (χ0n) is 10.5. The molecule has 0 atom stereocenters. The average Bonchev–Trinajstić information content (AvgIpc) is 2.38. The van der Waals surface area contributed by atoms with Gasteiger partial charge in [0.2, 0.25) is 0 Å². The molecule has 4 heteroatoms. The van der Waals surface area contributed by atoms with Crippen molar-refractivity contribution < 1.29 is 19.3 Å². The maximum atomic E-state index is 8.35. The standard InChI is InChI=1S/C8H18O4.2C2H4/c1-2-10-5-6-12-8-7-11-4-3-9;2*1-2/h9H,2-8H2,1H3;2*1-2H2. The monoisotopic (exact) mass is 234 g/mol. The number of hydrogen-bond acceptors (Lipinski definition) is 4. The lowest BCUT2D eigenvalue weighted by Crippen LogP contribution is -2.10. The van der Waals surface area contributed by atoms with Gasteiger partial charge >= 0.3 is 0 Å². The molecule has 0 bridgehead atoms. The van der Waals surface area contributed by atoms with E-state index in [0.717, 1.165) is 6.61 Å².